The topological polar surface area (TPSA) is 78.1 Å². The predicted octanol–water partition coefficient (Wildman–Crippen LogP) is 3.19. The number of phenolic OH excluding ortho intramolecular Hbond substituents is 1. The SMILES string of the molecule is COc1ccc(-c2cc(=O)c3c(O)cc(OC)cc3o2)c(OC)c1. The van der Waals surface area contributed by atoms with Crippen molar-refractivity contribution in [3.63, 3.8) is 0 Å². The monoisotopic (exact) mass is 328 g/mol. The summed E-state index contributed by atoms with van der Waals surface area (Å²) in [5.41, 5.74) is 0.469. The summed E-state index contributed by atoms with van der Waals surface area (Å²) in [7, 11) is 4.54. The van der Waals surface area contributed by atoms with Crippen LogP contribution in [0.4, 0.5) is 0 Å². The zero-order valence-electron chi connectivity index (χ0n) is 13.5. The molecule has 0 radical (unpaired) electrons. The number of ether oxygens (including phenoxy) is 3. The van der Waals surface area contributed by atoms with Crippen molar-refractivity contribution in [1.82, 2.24) is 0 Å². The second-order valence-electron chi connectivity index (χ2n) is 5.06. The molecule has 3 rings (SSSR count). The fourth-order valence-corrected chi connectivity index (χ4v) is 2.50. The molecule has 0 bridgehead atoms. The van der Waals surface area contributed by atoms with Crippen LogP contribution in [0.5, 0.6) is 23.0 Å². The van der Waals surface area contributed by atoms with Crippen molar-refractivity contribution in [3.8, 4) is 34.3 Å². The Morgan fingerprint density at radius 1 is 0.917 bits per heavy atom. The van der Waals surface area contributed by atoms with Crippen LogP contribution in [0, 0.1) is 0 Å². The minimum atomic E-state index is -0.357. The van der Waals surface area contributed by atoms with Crippen molar-refractivity contribution in [2.45, 2.75) is 0 Å². The van der Waals surface area contributed by atoms with E-state index >= 15 is 0 Å². The molecule has 124 valence electrons. The lowest BCUT2D eigenvalue weighted by atomic mass is 10.1. The molecule has 0 saturated heterocycles. The van der Waals surface area contributed by atoms with Gasteiger partial charge in [0.15, 0.2) is 5.43 Å². The fourth-order valence-electron chi connectivity index (χ4n) is 2.50. The van der Waals surface area contributed by atoms with Crippen LogP contribution >= 0.6 is 0 Å². The van der Waals surface area contributed by atoms with Crippen molar-refractivity contribution in [2.24, 2.45) is 0 Å². The van der Waals surface area contributed by atoms with E-state index in [9.17, 15) is 9.90 Å². The maximum absolute atomic E-state index is 12.4. The molecule has 1 heterocycles. The van der Waals surface area contributed by atoms with Gasteiger partial charge in [-0.1, -0.05) is 0 Å². The number of aromatic hydroxyl groups is 1. The molecular weight excluding hydrogens is 312 g/mol. The number of fused-ring (bicyclic) bond motifs is 1. The zero-order valence-corrected chi connectivity index (χ0v) is 13.5. The molecule has 0 aliphatic heterocycles. The molecular formula is C18H16O6. The molecule has 6 heteroatoms. The van der Waals surface area contributed by atoms with E-state index in [1.807, 2.05) is 0 Å². The van der Waals surface area contributed by atoms with E-state index in [4.69, 9.17) is 18.6 Å². The van der Waals surface area contributed by atoms with Crippen molar-refractivity contribution in [3.05, 3.63) is 46.6 Å². The Kier molecular flexibility index (Phi) is 4.04. The standard InChI is InChI=1S/C18H16O6/c1-21-10-4-5-12(15(7-10)23-3)16-9-14(20)18-13(19)6-11(22-2)8-17(18)24-16/h4-9,19H,1-3H3. The average Bonchev–Trinajstić information content (AvgIpc) is 2.60. The molecule has 24 heavy (non-hydrogen) atoms. The third-order valence-electron chi connectivity index (χ3n) is 3.69. The van der Waals surface area contributed by atoms with Gasteiger partial charge in [0, 0.05) is 24.3 Å². The van der Waals surface area contributed by atoms with E-state index in [0.29, 0.717) is 28.6 Å². The Balaban J connectivity index is 2.26. The van der Waals surface area contributed by atoms with Crippen molar-refractivity contribution >= 4 is 11.0 Å². The molecule has 0 aliphatic carbocycles. The summed E-state index contributed by atoms with van der Waals surface area (Å²) < 4.78 is 21.4. The smallest absolute Gasteiger partial charge is 0.197 e. The second kappa shape index (κ2) is 6.16. The normalized spacial score (nSPS) is 10.6. The van der Waals surface area contributed by atoms with Crippen molar-refractivity contribution < 1.29 is 23.7 Å². The van der Waals surface area contributed by atoms with Gasteiger partial charge in [-0.2, -0.15) is 0 Å². The van der Waals surface area contributed by atoms with Crippen LogP contribution in [0.3, 0.4) is 0 Å². The van der Waals surface area contributed by atoms with Crippen molar-refractivity contribution in [1.29, 1.82) is 0 Å². The third-order valence-corrected chi connectivity index (χ3v) is 3.69. The van der Waals surface area contributed by atoms with Gasteiger partial charge in [0.2, 0.25) is 0 Å². The molecule has 1 N–H and O–H groups in total. The number of hydrogen-bond donors (Lipinski definition) is 1. The Morgan fingerprint density at radius 3 is 2.33 bits per heavy atom. The Morgan fingerprint density at radius 2 is 1.67 bits per heavy atom. The van der Waals surface area contributed by atoms with E-state index in [1.54, 1.807) is 31.4 Å². The predicted molar refractivity (Wildman–Crippen MR) is 89.2 cm³/mol. The lowest BCUT2D eigenvalue weighted by Crippen LogP contribution is -2.02. The molecule has 0 unspecified atom stereocenters. The van der Waals surface area contributed by atoms with E-state index in [0.717, 1.165) is 0 Å². The van der Waals surface area contributed by atoms with Gasteiger partial charge in [-0.3, -0.25) is 4.79 Å². The lowest BCUT2D eigenvalue weighted by molar-refractivity contribution is 0.394. The largest absolute Gasteiger partial charge is 0.507 e. The number of rotatable bonds is 4. The van der Waals surface area contributed by atoms with Gasteiger partial charge >= 0.3 is 0 Å². The van der Waals surface area contributed by atoms with Crippen LogP contribution in [0.25, 0.3) is 22.3 Å². The van der Waals surface area contributed by atoms with Crippen LogP contribution < -0.4 is 19.6 Å². The lowest BCUT2D eigenvalue weighted by Gasteiger charge is -2.11. The number of benzene rings is 2. The molecule has 0 spiro atoms. The highest BCUT2D eigenvalue weighted by Crippen LogP contribution is 2.36. The van der Waals surface area contributed by atoms with E-state index in [1.165, 1.54) is 26.4 Å². The van der Waals surface area contributed by atoms with Gasteiger partial charge in [-0.25, -0.2) is 0 Å². The molecule has 0 saturated carbocycles. The maximum Gasteiger partial charge on any atom is 0.197 e. The Hall–Kier alpha value is -3.15. The van der Waals surface area contributed by atoms with Gasteiger partial charge < -0.3 is 23.7 Å². The fraction of sp³-hybridized carbons (Fsp3) is 0.167. The molecule has 0 amide bonds. The first kappa shape index (κ1) is 15.7. The molecule has 0 fully saturated rings. The highest BCUT2D eigenvalue weighted by molar-refractivity contribution is 5.86. The quantitative estimate of drug-likeness (QED) is 0.792. The summed E-state index contributed by atoms with van der Waals surface area (Å²) in [6.07, 6.45) is 0. The summed E-state index contributed by atoms with van der Waals surface area (Å²) in [6.45, 7) is 0. The van der Waals surface area contributed by atoms with E-state index in [-0.39, 0.29) is 22.1 Å². The summed E-state index contributed by atoms with van der Waals surface area (Å²) in [5.74, 6) is 1.65. The Bertz CT molecular complexity index is 958. The van der Waals surface area contributed by atoms with Crippen LogP contribution in [0.1, 0.15) is 0 Å². The van der Waals surface area contributed by atoms with Gasteiger partial charge in [0.25, 0.3) is 0 Å². The average molecular weight is 328 g/mol. The summed E-state index contributed by atoms with van der Waals surface area (Å²) in [4.78, 5) is 12.4. The van der Waals surface area contributed by atoms with Crippen molar-refractivity contribution in [2.75, 3.05) is 21.3 Å². The number of hydrogen-bond acceptors (Lipinski definition) is 6. The third kappa shape index (κ3) is 2.62. The van der Waals surface area contributed by atoms with Gasteiger partial charge in [0.1, 0.15) is 39.7 Å². The summed E-state index contributed by atoms with van der Waals surface area (Å²) in [6, 6.07) is 9.41. The summed E-state index contributed by atoms with van der Waals surface area (Å²) in [5, 5.41) is 10.1. The molecule has 1 aromatic heterocycles. The number of methoxy groups -OCH3 is 3. The van der Waals surface area contributed by atoms with Crippen LogP contribution in [0.15, 0.2) is 45.6 Å². The van der Waals surface area contributed by atoms with E-state index < -0.39 is 0 Å². The van der Waals surface area contributed by atoms with Crippen LogP contribution in [-0.2, 0) is 0 Å². The molecule has 2 aromatic carbocycles. The van der Waals surface area contributed by atoms with Crippen LogP contribution in [-0.4, -0.2) is 26.4 Å². The van der Waals surface area contributed by atoms with E-state index in [2.05, 4.69) is 0 Å². The first-order chi connectivity index (χ1) is 11.6. The molecule has 3 aromatic rings. The number of phenols is 1. The second-order valence-corrected chi connectivity index (χ2v) is 5.06. The van der Waals surface area contributed by atoms with Crippen LogP contribution in [0.2, 0.25) is 0 Å². The first-order valence-electron chi connectivity index (χ1n) is 7.14. The molecule has 0 aliphatic rings. The van der Waals surface area contributed by atoms with Gasteiger partial charge in [-0.05, 0) is 12.1 Å². The summed E-state index contributed by atoms with van der Waals surface area (Å²) >= 11 is 0. The maximum atomic E-state index is 12.4. The first-order valence-corrected chi connectivity index (χ1v) is 7.14. The molecule has 0 atom stereocenters. The Labute approximate surface area is 137 Å². The minimum absolute atomic E-state index is 0.104. The molecule has 6 nitrogen and oxygen atoms in total. The minimum Gasteiger partial charge on any atom is -0.507 e. The highest BCUT2D eigenvalue weighted by atomic mass is 16.5. The highest BCUT2D eigenvalue weighted by Gasteiger charge is 2.15. The van der Waals surface area contributed by atoms with Gasteiger partial charge in [-0.15, -0.1) is 0 Å². The zero-order chi connectivity index (χ0) is 17.3. The van der Waals surface area contributed by atoms with Gasteiger partial charge in [0.05, 0.1) is 26.9 Å².